The molecule has 1 aromatic carbocycles. The molecule has 0 spiro atoms. The highest BCUT2D eigenvalue weighted by Gasteiger charge is 2.44. The number of benzene rings is 1. The number of thiazole rings is 1. The van der Waals surface area contributed by atoms with E-state index in [1.54, 1.807) is 0 Å². The zero-order chi connectivity index (χ0) is 17.4. The number of carbonyl (C=O) groups is 1. The molecule has 0 radical (unpaired) electrons. The molecular formula is C20H24N2O2S. The molecule has 2 atom stereocenters. The summed E-state index contributed by atoms with van der Waals surface area (Å²) in [5.41, 5.74) is 1.31. The van der Waals surface area contributed by atoms with Crippen LogP contribution in [0, 0.1) is 12.8 Å². The Kier molecular flexibility index (Phi) is 4.38. The molecule has 1 saturated heterocycles. The molecule has 1 N–H and O–H groups in total. The number of hydrogen-bond acceptors (Lipinski definition) is 4. The van der Waals surface area contributed by atoms with Gasteiger partial charge in [-0.1, -0.05) is 43.2 Å². The summed E-state index contributed by atoms with van der Waals surface area (Å²) < 4.78 is 0. The lowest BCUT2D eigenvalue weighted by Crippen LogP contribution is -2.54. The summed E-state index contributed by atoms with van der Waals surface area (Å²) in [6.07, 6.45) is 4.88. The normalized spacial score (nSPS) is 26.3. The minimum Gasteiger partial charge on any atom is -0.389 e. The second-order valence-corrected chi connectivity index (χ2v) is 8.35. The van der Waals surface area contributed by atoms with E-state index in [1.165, 1.54) is 11.3 Å². The van der Waals surface area contributed by atoms with Crippen LogP contribution in [0.1, 0.15) is 47.5 Å². The molecule has 1 aliphatic carbocycles. The molecule has 0 unspecified atom stereocenters. The first-order chi connectivity index (χ1) is 12.1. The van der Waals surface area contributed by atoms with Gasteiger partial charge in [-0.15, -0.1) is 11.3 Å². The maximum absolute atomic E-state index is 13.1. The maximum atomic E-state index is 13.1. The van der Waals surface area contributed by atoms with Crippen LogP contribution >= 0.6 is 11.3 Å². The van der Waals surface area contributed by atoms with Gasteiger partial charge in [-0.05, 0) is 26.2 Å². The monoisotopic (exact) mass is 356 g/mol. The number of aryl methyl sites for hydroxylation is 1. The van der Waals surface area contributed by atoms with Crippen molar-refractivity contribution in [2.45, 2.75) is 44.6 Å². The van der Waals surface area contributed by atoms with E-state index >= 15 is 0 Å². The smallest absolute Gasteiger partial charge is 0.265 e. The number of likely N-dealkylation sites (tertiary alicyclic amines) is 1. The van der Waals surface area contributed by atoms with Crippen molar-refractivity contribution in [3.05, 3.63) is 40.9 Å². The number of aromatic nitrogens is 1. The molecule has 25 heavy (non-hydrogen) atoms. The quantitative estimate of drug-likeness (QED) is 0.888. The Morgan fingerprint density at radius 1 is 1.28 bits per heavy atom. The molecule has 4 rings (SSSR count). The Hall–Kier alpha value is -1.72. The van der Waals surface area contributed by atoms with E-state index in [1.807, 2.05) is 42.2 Å². The lowest BCUT2D eigenvalue weighted by molar-refractivity contribution is -0.0885. The number of fused-ring (bicyclic) bond motifs is 1. The maximum Gasteiger partial charge on any atom is 0.265 e. The lowest BCUT2D eigenvalue weighted by atomic mass is 9.71. The van der Waals surface area contributed by atoms with Crippen LogP contribution in [-0.2, 0) is 0 Å². The average molecular weight is 356 g/mol. The lowest BCUT2D eigenvalue weighted by Gasteiger charge is -2.47. The number of nitrogens with zero attached hydrogens (tertiary/aromatic N) is 2. The van der Waals surface area contributed by atoms with Gasteiger partial charge in [0.05, 0.1) is 11.3 Å². The number of rotatable bonds is 2. The summed E-state index contributed by atoms with van der Waals surface area (Å²) in [7, 11) is 0. The van der Waals surface area contributed by atoms with Crippen molar-refractivity contribution in [2.24, 2.45) is 5.92 Å². The topological polar surface area (TPSA) is 53.4 Å². The van der Waals surface area contributed by atoms with Gasteiger partial charge in [0.25, 0.3) is 5.91 Å². The summed E-state index contributed by atoms with van der Waals surface area (Å²) in [6, 6.07) is 10.0. The number of aliphatic hydroxyl groups is 1. The SMILES string of the molecule is Cc1nc(-c2ccccc2)sc1C(=O)N1CC[C@]2(O)CCCC[C@@H]2C1. The summed E-state index contributed by atoms with van der Waals surface area (Å²) >= 11 is 1.48. The van der Waals surface area contributed by atoms with E-state index in [9.17, 15) is 9.90 Å². The Bertz CT molecular complexity index is 773. The minimum absolute atomic E-state index is 0.0739. The molecule has 1 saturated carbocycles. The molecule has 2 aliphatic rings. The van der Waals surface area contributed by atoms with E-state index < -0.39 is 5.60 Å². The van der Waals surface area contributed by atoms with Crippen molar-refractivity contribution in [2.75, 3.05) is 13.1 Å². The highest BCUT2D eigenvalue weighted by atomic mass is 32.1. The average Bonchev–Trinajstić information content (AvgIpc) is 3.03. The third-order valence-electron chi connectivity index (χ3n) is 5.73. The van der Waals surface area contributed by atoms with Crippen molar-refractivity contribution in [1.82, 2.24) is 9.88 Å². The Morgan fingerprint density at radius 3 is 2.88 bits per heavy atom. The van der Waals surface area contributed by atoms with E-state index in [0.29, 0.717) is 19.5 Å². The van der Waals surface area contributed by atoms with Gasteiger partial charge in [-0.2, -0.15) is 0 Å². The van der Waals surface area contributed by atoms with Crippen molar-refractivity contribution in [3.8, 4) is 10.6 Å². The molecule has 1 amide bonds. The van der Waals surface area contributed by atoms with E-state index in [-0.39, 0.29) is 11.8 Å². The first-order valence-electron chi connectivity index (χ1n) is 9.11. The molecule has 2 aromatic rings. The van der Waals surface area contributed by atoms with Crippen molar-refractivity contribution >= 4 is 17.2 Å². The largest absolute Gasteiger partial charge is 0.389 e. The fraction of sp³-hybridized carbons (Fsp3) is 0.500. The van der Waals surface area contributed by atoms with E-state index in [0.717, 1.165) is 46.8 Å². The fourth-order valence-electron chi connectivity index (χ4n) is 4.20. The molecule has 1 aromatic heterocycles. The third kappa shape index (κ3) is 3.11. The van der Waals surface area contributed by atoms with Gasteiger partial charge in [-0.25, -0.2) is 4.98 Å². The molecule has 1 aliphatic heterocycles. The van der Waals surface area contributed by atoms with Crippen LogP contribution in [0.5, 0.6) is 0 Å². The van der Waals surface area contributed by atoms with Gasteiger partial charge in [-0.3, -0.25) is 4.79 Å². The van der Waals surface area contributed by atoms with Crippen LogP contribution in [0.4, 0.5) is 0 Å². The molecule has 4 nitrogen and oxygen atoms in total. The van der Waals surface area contributed by atoms with Crippen LogP contribution in [0.15, 0.2) is 30.3 Å². The second-order valence-electron chi connectivity index (χ2n) is 7.35. The Morgan fingerprint density at radius 2 is 2.08 bits per heavy atom. The zero-order valence-electron chi connectivity index (χ0n) is 14.6. The predicted molar refractivity (Wildman–Crippen MR) is 99.7 cm³/mol. The molecule has 132 valence electrons. The summed E-state index contributed by atoms with van der Waals surface area (Å²) in [5, 5.41) is 11.7. The summed E-state index contributed by atoms with van der Waals surface area (Å²) in [5.74, 6) is 0.297. The van der Waals surface area contributed by atoms with Crippen LogP contribution < -0.4 is 0 Å². The van der Waals surface area contributed by atoms with Crippen molar-refractivity contribution in [1.29, 1.82) is 0 Å². The summed E-state index contributed by atoms with van der Waals surface area (Å²) in [4.78, 5) is 20.3. The number of hydrogen-bond donors (Lipinski definition) is 1. The van der Waals surface area contributed by atoms with Crippen LogP contribution in [0.3, 0.4) is 0 Å². The molecule has 2 heterocycles. The van der Waals surface area contributed by atoms with Gasteiger partial charge >= 0.3 is 0 Å². The predicted octanol–water partition coefficient (Wildman–Crippen LogP) is 3.89. The highest BCUT2D eigenvalue weighted by molar-refractivity contribution is 7.17. The standard InChI is InChI=1S/C20H24N2O2S/c1-14-17(25-18(21-14)15-7-3-2-4-8-15)19(23)22-12-11-20(24)10-6-5-9-16(20)13-22/h2-4,7-8,16,24H,5-6,9-13H2,1H3/t16-,20-/m1/s1. The van der Waals surface area contributed by atoms with Crippen LogP contribution in [-0.4, -0.2) is 39.6 Å². The molecule has 2 fully saturated rings. The highest BCUT2D eigenvalue weighted by Crippen LogP contribution is 2.40. The van der Waals surface area contributed by atoms with Crippen molar-refractivity contribution < 1.29 is 9.90 Å². The molecular weight excluding hydrogens is 332 g/mol. The fourth-order valence-corrected chi connectivity index (χ4v) is 5.24. The van der Waals surface area contributed by atoms with Gasteiger partial charge in [0.2, 0.25) is 0 Å². The zero-order valence-corrected chi connectivity index (χ0v) is 15.4. The van der Waals surface area contributed by atoms with Gasteiger partial charge < -0.3 is 10.0 Å². The Balaban J connectivity index is 1.55. The number of piperidine rings is 1. The number of carbonyl (C=O) groups excluding carboxylic acids is 1. The van der Waals surface area contributed by atoms with E-state index in [4.69, 9.17) is 0 Å². The number of amides is 1. The van der Waals surface area contributed by atoms with Crippen LogP contribution in [0.2, 0.25) is 0 Å². The Labute approximate surface area is 152 Å². The summed E-state index contributed by atoms with van der Waals surface area (Å²) in [6.45, 7) is 3.23. The first kappa shape index (κ1) is 16.7. The van der Waals surface area contributed by atoms with Gasteiger partial charge in [0.1, 0.15) is 9.88 Å². The first-order valence-corrected chi connectivity index (χ1v) is 9.93. The molecule has 0 bridgehead atoms. The van der Waals surface area contributed by atoms with E-state index in [2.05, 4.69) is 4.98 Å². The van der Waals surface area contributed by atoms with Gasteiger partial charge in [0.15, 0.2) is 0 Å². The third-order valence-corrected chi connectivity index (χ3v) is 6.92. The van der Waals surface area contributed by atoms with Crippen molar-refractivity contribution in [3.63, 3.8) is 0 Å². The van der Waals surface area contributed by atoms with Crippen LogP contribution in [0.25, 0.3) is 10.6 Å². The second kappa shape index (κ2) is 6.54. The van der Waals surface area contributed by atoms with Gasteiger partial charge in [0, 0.05) is 24.6 Å². The molecule has 5 heteroatoms. The minimum atomic E-state index is -0.549.